The van der Waals surface area contributed by atoms with Gasteiger partial charge in [-0.05, 0) is 32.4 Å². The first-order valence-electron chi connectivity index (χ1n) is 4.09. The van der Waals surface area contributed by atoms with E-state index in [0.29, 0.717) is 12.3 Å². The van der Waals surface area contributed by atoms with Crippen molar-refractivity contribution in [3.63, 3.8) is 0 Å². The third kappa shape index (κ3) is 2.89. The Bertz CT molecular complexity index is 147. The molecule has 0 saturated carbocycles. The summed E-state index contributed by atoms with van der Waals surface area (Å²) in [5, 5.41) is 8.43. The smallest absolute Gasteiger partial charge is 0.303 e. The van der Waals surface area contributed by atoms with E-state index >= 15 is 0 Å². The minimum atomic E-state index is -0.667. The molecule has 1 heterocycles. The van der Waals surface area contributed by atoms with E-state index in [2.05, 4.69) is 11.9 Å². The molecule has 64 valence electrons. The number of hydrogen-bond donors (Lipinski definition) is 1. The van der Waals surface area contributed by atoms with Crippen LogP contribution in [0, 0.1) is 5.92 Å². The first kappa shape index (κ1) is 8.53. The van der Waals surface area contributed by atoms with E-state index in [4.69, 9.17) is 5.11 Å². The second kappa shape index (κ2) is 3.72. The molecular formula is C8H15NO2. The maximum absolute atomic E-state index is 10.2. The highest BCUT2D eigenvalue weighted by Crippen LogP contribution is 2.18. The largest absolute Gasteiger partial charge is 0.481 e. The monoisotopic (exact) mass is 157 g/mol. The Labute approximate surface area is 67.0 Å². The molecule has 0 aromatic rings. The van der Waals surface area contributed by atoms with Crippen molar-refractivity contribution in [1.29, 1.82) is 0 Å². The standard InChI is InChI=1S/C8H15NO2/c1-9-5-4-7(6-9)2-3-8(10)11/h7H,2-6H2,1H3,(H,10,11). The molecule has 0 aromatic heterocycles. The van der Waals surface area contributed by atoms with E-state index in [9.17, 15) is 4.79 Å². The van der Waals surface area contributed by atoms with Crippen molar-refractivity contribution in [3.05, 3.63) is 0 Å². The van der Waals surface area contributed by atoms with E-state index in [-0.39, 0.29) is 0 Å². The van der Waals surface area contributed by atoms with Crippen LogP contribution in [0.25, 0.3) is 0 Å². The zero-order chi connectivity index (χ0) is 8.27. The van der Waals surface area contributed by atoms with Crippen LogP contribution in [0.1, 0.15) is 19.3 Å². The molecule has 1 rings (SSSR count). The molecule has 0 spiro atoms. The van der Waals surface area contributed by atoms with Gasteiger partial charge in [0.25, 0.3) is 0 Å². The van der Waals surface area contributed by atoms with Gasteiger partial charge in [0.15, 0.2) is 0 Å². The Hall–Kier alpha value is -0.570. The van der Waals surface area contributed by atoms with Crippen molar-refractivity contribution in [3.8, 4) is 0 Å². The number of rotatable bonds is 3. The van der Waals surface area contributed by atoms with Crippen molar-refractivity contribution in [2.24, 2.45) is 5.92 Å². The van der Waals surface area contributed by atoms with Gasteiger partial charge in [-0.25, -0.2) is 0 Å². The van der Waals surface area contributed by atoms with Gasteiger partial charge >= 0.3 is 5.97 Å². The van der Waals surface area contributed by atoms with Crippen LogP contribution in [-0.4, -0.2) is 36.1 Å². The summed E-state index contributed by atoms with van der Waals surface area (Å²) >= 11 is 0. The fourth-order valence-electron chi connectivity index (χ4n) is 1.59. The summed E-state index contributed by atoms with van der Waals surface area (Å²) in [7, 11) is 2.08. The van der Waals surface area contributed by atoms with E-state index in [1.807, 2.05) is 0 Å². The zero-order valence-corrected chi connectivity index (χ0v) is 6.92. The van der Waals surface area contributed by atoms with Crippen LogP contribution in [0.15, 0.2) is 0 Å². The predicted molar refractivity (Wildman–Crippen MR) is 42.5 cm³/mol. The summed E-state index contributed by atoms with van der Waals surface area (Å²) in [5.74, 6) is -0.0457. The van der Waals surface area contributed by atoms with Crippen LogP contribution in [-0.2, 0) is 4.79 Å². The Morgan fingerprint density at radius 3 is 2.91 bits per heavy atom. The fourth-order valence-corrected chi connectivity index (χ4v) is 1.59. The van der Waals surface area contributed by atoms with Crippen LogP contribution >= 0.6 is 0 Å². The number of carboxylic acids is 1. The minimum Gasteiger partial charge on any atom is -0.481 e. The molecule has 0 bridgehead atoms. The number of nitrogens with zero attached hydrogens (tertiary/aromatic N) is 1. The lowest BCUT2D eigenvalue weighted by molar-refractivity contribution is -0.137. The second-order valence-corrected chi connectivity index (χ2v) is 3.35. The predicted octanol–water partition coefficient (Wildman–Crippen LogP) is 0.803. The van der Waals surface area contributed by atoms with E-state index in [1.165, 1.54) is 6.42 Å². The van der Waals surface area contributed by atoms with Gasteiger partial charge in [0, 0.05) is 13.0 Å². The van der Waals surface area contributed by atoms with Crippen molar-refractivity contribution in [2.75, 3.05) is 20.1 Å². The molecule has 3 nitrogen and oxygen atoms in total. The minimum absolute atomic E-state index is 0.332. The highest BCUT2D eigenvalue weighted by Gasteiger charge is 2.19. The molecular weight excluding hydrogens is 142 g/mol. The van der Waals surface area contributed by atoms with Gasteiger partial charge < -0.3 is 10.0 Å². The van der Waals surface area contributed by atoms with E-state index in [0.717, 1.165) is 19.5 Å². The van der Waals surface area contributed by atoms with E-state index in [1.54, 1.807) is 0 Å². The summed E-state index contributed by atoms with van der Waals surface area (Å²) in [6, 6.07) is 0. The summed E-state index contributed by atoms with van der Waals surface area (Å²) in [5.41, 5.74) is 0. The highest BCUT2D eigenvalue weighted by atomic mass is 16.4. The first-order valence-corrected chi connectivity index (χ1v) is 4.09. The molecule has 0 radical (unpaired) electrons. The van der Waals surface area contributed by atoms with Gasteiger partial charge in [-0.3, -0.25) is 4.79 Å². The van der Waals surface area contributed by atoms with Crippen molar-refractivity contribution in [2.45, 2.75) is 19.3 Å². The molecule has 0 aliphatic carbocycles. The maximum atomic E-state index is 10.2. The van der Waals surface area contributed by atoms with Crippen LogP contribution in [0.5, 0.6) is 0 Å². The quantitative estimate of drug-likeness (QED) is 0.658. The molecule has 0 aromatic carbocycles. The third-order valence-electron chi connectivity index (χ3n) is 2.26. The third-order valence-corrected chi connectivity index (χ3v) is 2.26. The first-order chi connectivity index (χ1) is 5.18. The molecule has 3 heteroatoms. The topological polar surface area (TPSA) is 40.5 Å². The van der Waals surface area contributed by atoms with Crippen molar-refractivity contribution < 1.29 is 9.90 Å². The van der Waals surface area contributed by atoms with Crippen molar-refractivity contribution >= 4 is 5.97 Å². The molecule has 1 aliphatic rings. The normalized spacial score (nSPS) is 25.7. The number of hydrogen-bond acceptors (Lipinski definition) is 2. The lowest BCUT2D eigenvalue weighted by Crippen LogP contribution is -2.14. The SMILES string of the molecule is CN1CCC(CCC(=O)O)C1. The Morgan fingerprint density at radius 2 is 2.45 bits per heavy atom. The van der Waals surface area contributed by atoms with Gasteiger partial charge in [0.1, 0.15) is 0 Å². The number of carbonyl (C=O) groups is 1. The molecule has 11 heavy (non-hydrogen) atoms. The van der Waals surface area contributed by atoms with Crippen LogP contribution in [0.4, 0.5) is 0 Å². The summed E-state index contributed by atoms with van der Waals surface area (Å²) in [4.78, 5) is 12.5. The highest BCUT2D eigenvalue weighted by molar-refractivity contribution is 5.66. The molecule has 1 fully saturated rings. The fraction of sp³-hybridized carbons (Fsp3) is 0.875. The molecule has 0 amide bonds. The number of likely N-dealkylation sites (tertiary alicyclic amines) is 1. The summed E-state index contributed by atoms with van der Waals surface area (Å²) in [6.07, 6.45) is 2.35. The van der Waals surface area contributed by atoms with Gasteiger partial charge in [0.05, 0.1) is 0 Å². The summed E-state index contributed by atoms with van der Waals surface area (Å²) < 4.78 is 0. The Kier molecular flexibility index (Phi) is 2.88. The average molecular weight is 157 g/mol. The molecule has 1 atom stereocenters. The van der Waals surface area contributed by atoms with Gasteiger partial charge in [-0.1, -0.05) is 0 Å². The number of carboxylic acid groups (broad SMARTS) is 1. The lowest BCUT2D eigenvalue weighted by Gasteiger charge is -2.07. The van der Waals surface area contributed by atoms with Crippen molar-refractivity contribution in [1.82, 2.24) is 4.90 Å². The second-order valence-electron chi connectivity index (χ2n) is 3.35. The summed E-state index contributed by atoms with van der Waals surface area (Å²) in [6.45, 7) is 2.21. The number of aliphatic carboxylic acids is 1. The van der Waals surface area contributed by atoms with Gasteiger partial charge in [-0.15, -0.1) is 0 Å². The average Bonchev–Trinajstić information content (AvgIpc) is 2.31. The Morgan fingerprint density at radius 1 is 1.73 bits per heavy atom. The van der Waals surface area contributed by atoms with Crippen LogP contribution in [0.3, 0.4) is 0 Å². The van der Waals surface area contributed by atoms with Gasteiger partial charge in [-0.2, -0.15) is 0 Å². The molecule has 1 aliphatic heterocycles. The molecule has 1 unspecified atom stereocenters. The lowest BCUT2D eigenvalue weighted by atomic mass is 10.0. The zero-order valence-electron chi connectivity index (χ0n) is 6.92. The van der Waals surface area contributed by atoms with Gasteiger partial charge in [0.2, 0.25) is 0 Å². The Balaban J connectivity index is 2.13. The van der Waals surface area contributed by atoms with Crippen LogP contribution < -0.4 is 0 Å². The molecule has 1 saturated heterocycles. The van der Waals surface area contributed by atoms with Crippen LogP contribution in [0.2, 0.25) is 0 Å². The maximum Gasteiger partial charge on any atom is 0.303 e. The van der Waals surface area contributed by atoms with E-state index < -0.39 is 5.97 Å². The molecule has 1 N–H and O–H groups in total.